The number of hydrogen-bond donors (Lipinski definition) is 1. The smallest absolute Gasteiger partial charge is 0.493 e. The van der Waals surface area contributed by atoms with Crippen LogP contribution < -0.4 is 19.5 Å². The van der Waals surface area contributed by atoms with E-state index in [9.17, 15) is 32.9 Å². The molecule has 0 bridgehead atoms. The molecule has 0 saturated heterocycles. The molecular weight excluding hydrogens is 453 g/mol. The zero-order valence-corrected chi connectivity index (χ0v) is 17.4. The van der Waals surface area contributed by atoms with E-state index in [0.29, 0.717) is 0 Å². The fraction of sp³-hybridized carbons (Fsp3) is 0.300. The van der Waals surface area contributed by atoms with Crippen molar-refractivity contribution in [2.75, 3.05) is 20.3 Å². The highest BCUT2D eigenvalue weighted by molar-refractivity contribution is 5.96. The van der Waals surface area contributed by atoms with Crippen molar-refractivity contribution in [2.24, 2.45) is 0 Å². The molecule has 33 heavy (non-hydrogen) atoms. The number of amides is 1. The molecule has 0 fully saturated rings. The van der Waals surface area contributed by atoms with Crippen LogP contribution >= 0.6 is 0 Å². The molecule has 2 aromatic rings. The lowest BCUT2D eigenvalue weighted by Gasteiger charge is -2.14. The van der Waals surface area contributed by atoms with Crippen LogP contribution in [0, 0.1) is 10.1 Å². The van der Waals surface area contributed by atoms with Gasteiger partial charge >= 0.3 is 12.3 Å². The highest BCUT2D eigenvalue weighted by Gasteiger charge is 2.32. The Labute approximate surface area is 185 Å². The van der Waals surface area contributed by atoms with Gasteiger partial charge in [0.1, 0.15) is 11.3 Å². The van der Waals surface area contributed by atoms with E-state index < -0.39 is 46.8 Å². The van der Waals surface area contributed by atoms with Crippen LogP contribution in [-0.4, -0.2) is 43.5 Å². The van der Waals surface area contributed by atoms with E-state index in [1.807, 2.05) is 0 Å². The third-order valence-corrected chi connectivity index (χ3v) is 4.01. The number of ether oxygens (including phenoxy) is 4. The Bertz CT molecular complexity index is 1030. The Balaban J connectivity index is 2.05. The second-order valence-corrected chi connectivity index (χ2v) is 6.22. The summed E-state index contributed by atoms with van der Waals surface area (Å²) in [7, 11) is 1.27. The van der Waals surface area contributed by atoms with Gasteiger partial charge in [-0.3, -0.25) is 14.9 Å². The molecule has 2 rings (SSSR count). The average molecular weight is 472 g/mol. The Morgan fingerprint density at radius 2 is 1.82 bits per heavy atom. The molecule has 0 aromatic heterocycles. The predicted octanol–water partition coefficient (Wildman–Crippen LogP) is 3.37. The average Bonchev–Trinajstić information content (AvgIpc) is 2.75. The first kappa shape index (κ1) is 25.2. The number of alkyl halides is 3. The number of carbonyl (C=O) groups excluding carboxylic acids is 2. The fourth-order valence-electron chi connectivity index (χ4n) is 2.62. The lowest BCUT2D eigenvalue weighted by molar-refractivity contribution is -0.385. The number of carbonyl (C=O) groups is 2. The van der Waals surface area contributed by atoms with E-state index in [1.54, 1.807) is 6.92 Å². The summed E-state index contributed by atoms with van der Waals surface area (Å²) < 4.78 is 56.4. The SMILES string of the molecule is CCOc1cc([N+](=O)[O-])c(C(=O)OCC(=O)NCc2ccccc2OC(F)(F)F)cc1OC. The molecule has 10 nitrogen and oxygen atoms in total. The molecule has 0 atom stereocenters. The Morgan fingerprint density at radius 1 is 1.12 bits per heavy atom. The zero-order valence-electron chi connectivity index (χ0n) is 17.4. The van der Waals surface area contributed by atoms with E-state index in [-0.39, 0.29) is 30.2 Å². The molecule has 0 unspecified atom stereocenters. The number of hydrogen-bond acceptors (Lipinski definition) is 8. The highest BCUT2D eigenvalue weighted by Crippen LogP contribution is 2.35. The van der Waals surface area contributed by atoms with Crippen LogP contribution in [0.3, 0.4) is 0 Å². The van der Waals surface area contributed by atoms with Crippen molar-refractivity contribution in [2.45, 2.75) is 19.8 Å². The number of rotatable bonds is 10. The summed E-state index contributed by atoms with van der Waals surface area (Å²) in [5.74, 6) is -2.45. The summed E-state index contributed by atoms with van der Waals surface area (Å²) in [6.07, 6.45) is -4.91. The Hall–Kier alpha value is -4.03. The molecule has 1 amide bonds. The van der Waals surface area contributed by atoms with Crippen molar-refractivity contribution < 1.29 is 46.6 Å². The fourth-order valence-corrected chi connectivity index (χ4v) is 2.62. The normalized spacial score (nSPS) is 10.8. The van der Waals surface area contributed by atoms with Crippen LogP contribution in [0.5, 0.6) is 17.2 Å². The summed E-state index contributed by atoms with van der Waals surface area (Å²) in [4.78, 5) is 34.9. The number of nitrogens with one attached hydrogen (secondary N) is 1. The first-order chi connectivity index (χ1) is 15.6. The van der Waals surface area contributed by atoms with E-state index in [4.69, 9.17) is 14.2 Å². The number of nitro groups is 1. The quantitative estimate of drug-likeness (QED) is 0.317. The summed E-state index contributed by atoms with van der Waals surface area (Å²) in [5.41, 5.74) is -1.07. The maximum absolute atomic E-state index is 12.5. The molecule has 0 saturated carbocycles. The number of esters is 1. The van der Waals surface area contributed by atoms with Crippen LogP contribution in [0.2, 0.25) is 0 Å². The lowest BCUT2D eigenvalue weighted by atomic mass is 10.1. The maximum atomic E-state index is 12.5. The molecule has 1 N–H and O–H groups in total. The first-order valence-electron chi connectivity index (χ1n) is 9.32. The number of nitro benzene ring substituents is 1. The van der Waals surface area contributed by atoms with Gasteiger partial charge < -0.3 is 24.3 Å². The predicted molar refractivity (Wildman–Crippen MR) is 106 cm³/mol. The highest BCUT2D eigenvalue weighted by atomic mass is 19.4. The zero-order chi connectivity index (χ0) is 24.6. The second kappa shape index (κ2) is 11.0. The van der Waals surface area contributed by atoms with Gasteiger partial charge in [-0.1, -0.05) is 18.2 Å². The van der Waals surface area contributed by atoms with Crippen LogP contribution in [0.1, 0.15) is 22.8 Å². The van der Waals surface area contributed by atoms with Crippen molar-refractivity contribution >= 4 is 17.6 Å². The second-order valence-electron chi connectivity index (χ2n) is 6.22. The minimum atomic E-state index is -4.91. The van der Waals surface area contributed by atoms with E-state index in [1.165, 1.54) is 25.3 Å². The maximum Gasteiger partial charge on any atom is 0.573 e. The topological polar surface area (TPSA) is 126 Å². The van der Waals surface area contributed by atoms with Gasteiger partial charge in [-0.15, -0.1) is 13.2 Å². The molecule has 178 valence electrons. The molecule has 13 heteroatoms. The van der Waals surface area contributed by atoms with Gasteiger partial charge in [0.2, 0.25) is 0 Å². The number of nitrogens with zero attached hydrogens (tertiary/aromatic N) is 1. The van der Waals surface area contributed by atoms with Crippen molar-refractivity contribution in [3.63, 3.8) is 0 Å². The monoisotopic (exact) mass is 472 g/mol. The number of benzene rings is 2. The molecule has 0 heterocycles. The van der Waals surface area contributed by atoms with Crippen LogP contribution in [0.25, 0.3) is 0 Å². The van der Waals surface area contributed by atoms with Gasteiger partial charge in [0, 0.05) is 18.2 Å². The van der Waals surface area contributed by atoms with Gasteiger partial charge in [-0.2, -0.15) is 0 Å². The van der Waals surface area contributed by atoms with Crippen LogP contribution in [0.15, 0.2) is 36.4 Å². The summed E-state index contributed by atoms with van der Waals surface area (Å²) in [6, 6.07) is 7.20. The molecule has 0 aliphatic carbocycles. The van der Waals surface area contributed by atoms with Crippen LogP contribution in [-0.2, 0) is 16.1 Å². The molecule has 0 aliphatic rings. The van der Waals surface area contributed by atoms with Gasteiger partial charge in [-0.25, -0.2) is 4.79 Å². The number of para-hydroxylation sites is 1. The summed E-state index contributed by atoms with van der Waals surface area (Å²) in [5, 5.41) is 13.6. The molecule has 0 spiro atoms. The van der Waals surface area contributed by atoms with Crippen molar-refractivity contribution in [3.8, 4) is 17.2 Å². The third kappa shape index (κ3) is 7.26. The Morgan fingerprint density at radius 3 is 2.42 bits per heavy atom. The third-order valence-electron chi connectivity index (χ3n) is 4.01. The van der Waals surface area contributed by atoms with Gasteiger partial charge in [0.05, 0.1) is 24.7 Å². The van der Waals surface area contributed by atoms with Crippen molar-refractivity contribution in [1.82, 2.24) is 5.32 Å². The van der Waals surface area contributed by atoms with Crippen LogP contribution in [0.4, 0.5) is 18.9 Å². The van der Waals surface area contributed by atoms with E-state index in [2.05, 4.69) is 10.1 Å². The molecule has 0 radical (unpaired) electrons. The summed E-state index contributed by atoms with van der Waals surface area (Å²) >= 11 is 0. The summed E-state index contributed by atoms with van der Waals surface area (Å²) in [6.45, 7) is 0.655. The van der Waals surface area contributed by atoms with Gasteiger partial charge in [0.25, 0.3) is 11.6 Å². The minimum Gasteiger partial charge on any atom is -0.493 e. The number of halogens is 3. The Kier molecular flexibility index (Phi) is 8.42. The van der Waals surface area contributed by atoms with Gasteiger partial charge in [0.15, 0.2) is 18.1 Å². The largest absolute Gasteiger partial charge is 0.573 e. The molecule has 2 aromatic carbocycles. The molecular formula is C20H19F3N2O8. The minimum absolute atomic E-state index is 0.0291. The first-order valence-corrected chi connectivity index (χ1v) is 9.32. The van der Waals surface area contributed by atoms with Gasteiger partial charge in [-0.05, 0) is 13.0 Å². The van der Waals surface area contributed by atoms with E-state index >= 15 is 0 Å². The lowest BCUT2D eigenvalue weighted by Crippen LogP contribution is -2.29. The van der Waals surface area contributed by atoms with Crippen molar-refractivity contribution in [3.05, 3.63) is 57.6 Å². The molecule has 0 aliphatic heterocycles. The van der Waals surface area contributed by atoms with E-state index in [0.717, 1.165) is 18.2 Å². The van der Waals surface area contributed by atoms with Crippen molar-refractivity contribution in [1.29, 1.82) is 0 Å². The standard InChI is InChI=1S/C20H19F3N2O8/c1-3-31-17-9-14(25(28)29)13(8-16(17)30-2)19(27)32-11-18(26)24-10-12-6-4-5-7-15(12)33-20(21,22)23/h4-9H,3,10-11H2,1-2H3,(H,24,26). The number of methoxy groups -OCH3 is 1.